The third kappa shape index (κ3) is 38.3. The van der Waals surface area contributed by atoms with E-state index in [0.29, 0.717) is 12.8 Å². The first-order valence-electron chi connectivity index (χ1n) is 22.1. The van der Waals surface area contributed by atoms with Gasteiger partial charge in [-0.25, -0.2) is 0 Å². The lowest BCUT2D eigenvalue weighted by Crippen LogP contribution is -2.50. The van der Waals surface area contributed by atoms with Crippen molar-refractivity contribution in [1.82, 2.24) is 5.32 Å². The summed E-state index contributed by atoms with van der Waals surface area (Å²) >= 11 is 0. The lowest BCUT2D eigenvalue weighted by molar-refractivity contribution is -0.130. The van der Waals surface area contributed by atoms with E-state index in [1.54, 1.807) is 6.08 Å². The summed E-state index contributed by atoms with van der Waals surface area (Å²) in [6, 6.07) is -1.26. The summed E-state index contributed by atoms with van der Waals surface area (Å²) in [6.07, 6.45) is 51.4. The highest BCUT2D eigenvalue weighted by Gasteiger charge is 2.27. The summed E-state index contributed by atoms with van der Waals surface area (Å²) in [5.74, 6) is -1.58. The van der Waals surface area contributed by atoms with Gasteiger partial charge in [0.05, 0.1) is 17.9 Å². The van der Waals surface area contributed by atoms with Gasteiger partial charge in [0, 0.05) is 0 Å². The van der Waals surface area contributed by atoms with Gasteiger partial charge in [0.25, 0.3) is 10.1 Å². The van der Waals surface area contributed by atoms with Gasteiger partial charge in [-0.3, -0.25) is 9.35 Å². The first kappa shape index (κ1) is 52.0. The maximum absolute atomic E-state index is 12.6. The average Bonchev–Trinajstić information content (AvgIpc) is 3.14. The second-order valence-corrected chi connectivity index (χ2v) is 16.6. The van der Waals surface area contributed by atoms with Crippen LogP contribution in [0.25, 0.3) is 0 Å². The quantitative estimate of drug-likeness (QED) is 0.0280. The van der Waals surface area contributed by atoms with Gasteiger partial charge >= 0.3 is 0 Å². The third-order valence-electron chi connectivity index (χ3n) is 9.75. The third-order valence-corrected chi connectivity index (χ3v) is 10.5. The molecular formula is C46H83NO6S. The molecule has 0 bridgehead atoms. The number of nitrogens with one attached hydrogen (secondary N) is 1. The van der Waals surface area contributed by atoms with Gasteiger partial charge in [-0.2, -0.15) is 8.42 Å². The summed E-state index contributed by atoms with van der Waals surface area (Å²) < 4.78 is 32.5. The second-order valence-electron chi connectivity index (χ2n) is 15.1. The molecule has 0 rings (SSSR count). The number of aliphatic hydroxyl groups is 2. The predicted octanol–water partition coefficient (Wildman–Crippen LogP) is 12.2. The molecular weight excluding hydrogens is 695 g/mol. The van der Waals surface area contributed by atoms with Crippen LogP contribution in [0.3, 0.4) is 0 Å². The highest BCUT2D eigenvalue weighted by Crippen LogP contribution is 2.13. The molecule has 0 radical (unpaired) electrons. The Balaban J connectivity index is 4.06. The molecule has 7 nitrogen and oxygen atoms in total. The van der Waals surface area contributed by atoms with Gasteiger partial charge in [0.15, 0.2) is 0 Å². The molecule has 0 aliphatic heterocycles. The van der Waals surface area contributed by atoms with Crippen LogP contribution in [0.1, 0.15) is 200 Å². The smallest absolute Gasteiger partial charge is 0.267 e. The van der Waals surface area contributed by atoms with Gasteiger partial charge in [-0.05, 0) is 77.0 Å². The molecule has 0 heterocycles. The maximum Gasteiger partial charge on any atom is 0.267 e. The summed E-state index contributed by atoms with van der Waals surface area (Å²) in [6.45, 7) is 4.50. The fourth-order valence-corrected chi connectivity index (χ4v) is 7.08. The maximum atomic E-state index is 12.6. The van der Waals surface area contributed by atoms with E-state index in [9.17, 15) is 28.0 Å². The number of allylic oxidation sites excluding steroid dienone is 9. The fourth-order valence-electron chi connectivity index (χ4n) is 6.34. The number of amides is 1. The number of hydrogen-bond donors (Lipinski definition) is 4. The second kappa shape index (κ2) is 39.2. The Morgan fingerprint density at radius 2 is 0.889 bits per heavy atom. The summed E-state index contributed by atoms with van der Waals surface area (Å²) in [5.41, 5.74) is 0. The van der Waals surface area contributed by atoms with Crippen LogP contribution >= 0.6 is 0 Å². The van der Waals surface area contributed by atoms with E-state index in [4.69, 9.17) is 0 Å². The monoisotopic (exact) mass is 778 g/mol. The molecule has 0 saturated carbocycles. The summed E-state index contributed by atoms with van der Waals surface area (Å²) in [5, 5.41) is 23.4. The molecule has 1 amide bonds. The van der Waals surface area contributed by atoms with E-state index >= 15 is 0 Å². The van der Waals surface area contributed by atoms with Crippen LogP contribution < -0.4 is 5.32 Å². The summed E-state index contributed by atoms with van der Waals surface area (Å²) in [4.78, 5) is 12.6. The lowest BCUT2D eigenvalue weighted by atomic mass is 10.0. The minimum absolute atomic E-state index is 0.257. The van der Waals surface area contributed by atoms with Crippen molar-refractivity contribution in [2.45, 2.75) is 218 Å². The Labute approximate surface area is 333 Å². The molecule has 0 aromatic rings. The normalized spacial score (nSPS) is 14.4. The zero-order valence-electron chi connectivity index (χ0n) is 34.7. The minimum atomic E-state index is -4.46. The van der Waals surface area contributed by atoms with Crippen LogP contribution in [0.5, 0.6) is 0 Å². The van der Waals surface area contributed by atoms with Crippen LogP contribution in [-0.2, 0) is 14.9 Å². The standard InChI is InChI=1S/C46H83NO6S/c1-3-5-7-9-11-13-15-17-19-20-21-22-23-24-25-27-29-31-33-35-37-39-41-45(49)46(50)47-43(42-54(51,52)53)44(48)40-38-36-34-32-30-28-26-18-16-14-12-10-8-6-4-2/h16,18,21-22,24-25,30,32,38,40,43-45,48-49H,3-15,17,19-20,23,26-29,31,33-37,39,41-42H2,1-2H3,(H,47,50)(H,51,52,53)/b18-16+,22-21-,25-24-,32-30+,40-38+. The topological polar surface area (TPSA) is 124 Å². The molecule has 4 N–H and O–H groups in total. The Morgan fingerprint density at radius 1 is 0.519 bits per heavy atom. The van der Waals surface area contributed by atoms with Gasteiger partial charge in [0.2, 0.25) is 5.91 Å². The highest BCUT2D eigenvalue weighted by atomic mass is 32.2. The van der Waals surface area contributed by atoms with Crippen LogP contribution in [0, 0.1) is 0 Å². The molecule has 0 saturated heterocycles. The predicted molar refractivity (Wildman–Crippen MR) is 231 cm³/mol. The van der Waals surface area contributed by atoms with Crippen molar-refractivity contribution in [3.8, 4) is 0 Å². The van der Waals surface area contributed by atoms with Crippen molar-refractivity contribution in [1.29, 1.82) is 0 Å². The number of carbonyl (C=O) groups is 1. The van der Waals surface area contributed by atoms with E-state index in [0.717, 1.165) is 70.6 Å². The molecule has 3 unspecified atom stereocenters. The van der Waals surface area contributed by atoms with Crippen LogP contribution in [0.4, 0.5) is 0 Å². The highest BCUT2D eigenvalue weighted by molar-refractivity contribution is 7.85. The number of rotatable bonds is 39. The molecule has 0 spiro atoms. The van der Waals surface area contributed by atoms with Crippen molar-refractivity contribution in [2.24, 2.45) is 0 Å². The number of aliphatic hydroxyl groups excluding tert-OH is 2. The van der Waals surface area contributed by atoms with Crippen LogP contribution in [0.2, 0.25) is 0 Å². The lowest BCUT2D eigenvalue weighted by Gasteiger charge is -2.22. The van der Waals surface area contributed by atoms with Gasteiger partial charge < -0.3 is 15.5 Å². The van der Waals surface area contributed by atoms with Crippen molar-refractivity contribution in [3.05, 3.63) is 60.8 Å². The number of hydrogen-bond acceptors (Lipinski definition) is 5. The molecule has 3 atom stereocenters. The van der Waals surface area contributed by atoms with Gasteiger partial charge in [-0.15, -0.1) is 0 Å². The molecule has 54 heavy (non-hydrogen) atoms. The Morgan fingerprint density at radius 3 is 1.33 bits per heavy atom. The van der Waals surface area contributed by atoms with E-state index in [-0.39, 0.29) is 6.42 Å². The molecule has 8 heteroatoms. The number of carbonyl (C=O) groups excluding carboxylic acids is 1. The Bertz CT molecular complexity index is 1100. The zero-order chi connectivity index (χ0) is 39.8. The first-order valence-corrected chi connectivity index (χ1v) is 23.7. The molecule has 0 aromatic carbocycles. The van der Waals surface area contributed by atoms with Crippen LogP contribution in [0.15, 0.2) is 60.8 Å². The zero-order valence-corrected chi connectivity index (χ0v) is 35.5. The van der Waals surface area contributed by atoms with E-state index in [1.807, 2.05) is 0 Å². The number of unbranched alkanes of at least 4 members (excludes halogenated alkanes) is 22. The Kier molecular flexibility index (Phi) is 37.8. The Hall–Kier alpha value is -2.00. The van der Waals surface area contributed by atoms with E-state index in [2.05, 4.69) is 67.8 Å². The molecule has 0 aliphatic rings. The largest absolute Gasteiger partial charge is 0.387 e. The van der Waals surface area contributed by atoms with Crippen LogP contribution in [-0.4, -0.2) is 53.1 Å². The van der Waals surface area contributed by atoms with Gasteiger partial charge in [-0.1, -0.05) is 184 Å². The molecule has 314 valence electrons. The van der Waals surface area contributed by atoms with Gasteiger partial charge in [0.1, 0.15) is 6.10 Å². The van der Waals surface area contributed by atoms with E-state index < -0.39 is 40.0 Å². The average molecular weight is 778 g/mol. The minimum Gasteiger partial charge on any atom is -0.387 e. The summed E-state index contributed by atoms with van der Waals surface area (Å²) in [7, 11) is -4.46. The van der Waals surface area contributed by atoms with E-state index in [1.165, 1.54) is 102 Å². The molecule has 0 aliphatic carbocycles. The molecule has 0 aromatic heterocycles. The SMILES string of the molecule is CCCCCCC/C=C/CC/C=C/CC/C=C/C(O)C(CS(=O)(=O)O)NC(=O)C(O)CCCCCCCC/C=C\C/C=C\CCCCCCCCCCC. The molecule has 0 fully saturated rings. The van der Waals surface area contributed by atoms with Crippen molar-refractivity contribution in [2.75, 3.05) is 5.75 Å². The van der Waals surface area contributed by atoms with Crippen molar-refractivity contribution in [3.63, 3.8) is 0 Å². The van der Waals surface area contributed by atoms with Crippen molar-refractivity contribution >= 4 is 16.0 Å². The fraction of sp³-hybridized carbons (Fsp3) is 0.761. The first-order chi connectivity index (χ1) is 26.2. The van der Waals surface area contributed by atoms with Crippen molar-refractivity contribution < 1.29 is 28.0 Å².